The van der Waals surface area contributed by atoms with Crippen LogP contribution >= 0.6 is 34.2 Å². The molecule has 0 spiro atoms. The molecule has 0 N–H and O–H groups in total. The fraction of sp³-hybridized carbons (Fsp3) is 0. The van der Waals surface area contributed by atoms with Crippen LogP contribution in [0, 0.1) is 0 Å². The van der Waals surface area contributed by atoms with Crippen molar-refractivity contribution in [1.29, 1.82) is 0 Å². The van der Waals surface area contributed by atoms with Crippen molar-refractivity contribution < 1.29 is 0 Å². The van der Waals surface area contributed by atoms with Gasteiger partial charge in [0, 0.05) is 42.7 Å². The van der Waals surface area contributed by atoms with E-state index in [-0.39, 0.29) is 0 Å². The zero-order valence-corrected chi connectivity index (χ0v) is 23.5. The highest BCUT2D eigenvalue weighted by molar-refractivity contribution is 14.1. The molecule has 0 bridgehead atoms. The van der Waals surface area contributed by atoms with E-state index >= 15 is 0 Å². The lowest BCUT2D eigenvalue weighted by Crippen LogP contribution is -1.93. The van der Waals surface area contributed by atoms with E-state index in [0.29, 0.717) is 0 Å². The van der Waals surface area contributed by atoms with E-state index in [1.807, 2.05) is 11.3 Å². The normalized spacial score (nSPS) is 12.7. The molecular formula is C34H18IN3S. The maximum atomic E-state index is 2.61. The highest BCUT2D eigenvalue weighted by atomic mass is 127. The van der Waals surface area contributed by atoms with Gasteiger partial charge >= 0.3 is 0 Å². The molecule has 0 saturated carbocycles. The topological polar surface area (TPSA) is 14.3 Å². The number of benzene rings is 5. The van der Waals surface area contributed by atoms with Crippen LogP contribution < -0.4 is 0 Å². The van der Waals surface area contributed by atoms with E-state index in [4.69, 9.17) is 0 Å². The van der Waals surface area contributed by atoms with Crippen LogP contribution in [0.2, 0.25) is 0 Å². The first-order valence-electron chi connectivity index (χ1n) is 13.1. The van der Waals surface area contributed by atoms with Crippen molar-refractivity contribution in [2.45, 2.75) is 0 Å². The summed E-state index contributed by atoms with van der Waals surface area (Å²) < 4.78 is 10.1. The van der Waals surface area contributed by atoms with E-state index < -0.39 is 0 Å². The third kappa shape index (κ3) is 2.37. The molecule has 39 heavy (non-hydrogen) atoms. The van der Waals surface area contributed by atoms with Crippen molar-refractivity contribution >= 4 is 115 Å². The number of halogens is 1. The standard InChI is InChI=1S/C34H18IN3S/c35-38-25-15-8-13-22-28(25)29-26(38)18-17-23-30(29)37(33-21-12-5-7-16-27(21)39-34(23)33)31-20-11-4-6-14-24(20)36(32(22)31)19-9-2-1-3-10-19/h1-18H. The number of fused-ring (bicyclic) bond motifs is 10. The van der Waals surface area contributed by atoms with Crippen molar-refractivity contribution in [1.82, 2.24) is 11.7 Å². The molecular weight excluding hydrogens is 609 g/mol. The molecule has 0 aliphatic carbocycles. The molecule has 10 rings (SSSR count). The summed E-state index contributed by atoms with van der Waals surface area (Å²) >= 11 is 4.40. The third-order valence-electron chi connectivity index (χ3n) is 8.47. The molecule has 5 heterocycles. The smallest absolute Gasteiger partial charge is 0.0804 e. The van der Waals surface area contributed by atoms with Crippen LogP contribution in [0.25, 0.3) is 86.0 Å². The Morgan fingerprint density at radius 3 is 2.10 bits per heavy atom. The van der Waals surface area contributed by atoms with Gasteiger partial charge in [-0.2, -0.15) is 0 Å². The summed E-state index contributed by atoms with van der Waals surface area (Å²) in [6.07, 6.45) is 0. The summed E-state index contributed by atoms with van der Waals surface area (Å²) in [6.45, 7) is 0. The van der Waals surface area contributed by atoms with Gasteiger partial charge in [-0.15, -0.1) is 11.3 Å². The Balaban J connectivity index is 1.69. The summed E-state index contributed by atoms with van der Waals surface area (Å²) in [7, 11) is 0. The molecule has 0 radical (unpaired) electrons. The van der Waals surface area contributed by atoms with Gasteiger partial charge < -0.3 is 8.97 Å². The van der Waals surface area contributed by atoms with E-state index in [9.17, 15) is 0 Å². The predicted molar refractivity (Wildman–Crippen MR) is 176 cm³/mol. The molecule has 0 atom stereocenters. The quantitative estimate of drug-likeness (QED) is 0.161. The molecule has 0 amide bonds. The third-order valence-corrected chi connectivity index (χ3v) is 10.7. The molecule has 0 unspecified atom stereocenters. The van der Waals surface area contributed by atoms with E-state index in [2.05, 4.69) is 144 Å². The monoisotopic (exact) mass is 627 g/mol. The Morgan fingerprint density at radius 1 is 0.487 bits per heavy atom. The first-order valence-corrected chi connectivity index (χ1v) is 14.9. The zero-order chi connectivity index (χ0) is 25.4. The number of hydrogen-bond donors (Lipinski definition) is 0. The molecule has 182 valence electrons. The second-order valence-corrected chi connectivity index (χ2v) is 12.4. The van der Waals surface area contributed by atoms with Crippen molar-refractivity contribution in [2.75, 3.05) is 0 Å². The summed E-state index contributed by atoms with van der Waals surface area (Å²) in [6, 6.07) is 40.1. The van der Waals surface area contributed by atoms with Crippen molar-refractivity contribution in [3.63, 3.8) is 0 Å². The van der Waals surface area contributed by atoms with Crippen LogP contribution in [0.5, 0.6) is 0 Å². The van der Waals surface area contributed by atoms with Gasteiger partial charge in [-0.1, -0.05) is 66.7 Å². The summed E-state index contributed by atoms with van der Waals surface area (Å²) in [4.78, 5) is 0. The largest absolute Gasteiger partial charge is 0.307 e. The molecule has 10 aromatic rings. The Labute approximate surface area is 239 Å². The Bertz CT molecular complexity index is 2610. The van der Waals surface area contributed by atoms with E-state index in [0.717, 1.165) is 0 Å². The first-order chi connectivity index (χ1) is 19.3. The molecule has 0 aliphatic rings. The highest BCUT2D eigenvalue weighted by Crippen LogP contribution is 2.49. The Morgan fingerprint density at radius 2 is 1.21 bits per heavy atom. The fourth-order valence-corrected chi connectivity index (χ4v) is 9.03. The van der Waals surface area contributed by atoms with Gasteiger partial charge in [0.1, 0.15) is 0 Å². The lowest BCUT2D eigenvalue weighted by Gasteiger charge is -2.08. The average molecular weight is 628 g/mol. The van der Waals surface area contributed by atoms with Crippen LogP contribution in [-0.4, -0.2) is 11.7 Å². The maximum absolute atomic E-state index is 2.61. The van der Waals surface area contributed by atoms with Gasteiger partial charge in [0.2, 0.25) is 0 Å². The number of aromatic nitrogens is 3. The molecule has 5 aromatic carbocycles. The SMILES string of the molecule is In1c2cccc3c2c2c1ccc1c4sc5ccccc5c4n(c12)c1c2ccccc2n(-c2ccccc2)c31. The Kier molecular flexibility index (Phi) is 3.80. The molecule has 0 fully saturated rings. The molecule has 5 heteroatoms. The van der Waals surface area contributed by atoms with Crippen LogP contribution in [0.3, 0.4) is 0 Å². The highest BCUT2D eigenvalue weighted by Gasteiger charge is 2.26. The molecule has 3 nitrogen and oxygen atoms in total. The summed E-state index contributed by atoms with van der Waals surface area (Å²) in [5, 5.41) is 7.89. The van der Waals surface area contributed by atoms with Crippen molar-refractivity contribution in [2.24, 2.45) is 0 Å². The van der Waals surface area contributed by atoms with Crippen LogP contribution in [0.1, 0.15) is 0 Å². The second kappa shape index (κ2) is 7.11. The summed E-state index contributed by atoms with van der Waals surface area (Å²) in [5.74, 6) is 0. The van der Waals surface area contributed by atoms with E-state index in [1.54, 1.807) is 0 Å². The number of hydrogen-bond acceptors (Lipinski definition) is 1. The minimum atomic E-state index is 1.18. The maximum Gasteiger partial charge on any atom is 0.0804 e. The van der Waals surface area contributed by atoms with Crippen LogP contribution in [0.4, 0.5) is 0 Å². The second-order valence-electron chi connectivity index (χ2n) is 10.3. The van der Waals surface area contributed by atoms with Gasteiger partial charge in [-0.3, -0.25) is 2.78 Å². The molecule has 0 saturated heterocycles. The average Bonchev–Trinajstić information content (AvgIpc) is 3.68. The minimum Gasteiger partial charge on any atom is -0.307 e. The number of nitrogens with zero attached hydrogens (tertiary/aromatic N) is 3. The van der Waals surface area contributed by atoms with E-state index in [1.165, 1.54) is 86.0 Å². The first kappa shape index (κ1) is 20.8. The van der Waals surface area contributed by atoms with Gasteiger partial charge in [0.25, 0.3) is 0 Å². The Hall–Kier alpha value is -4.07. The van der Waals surface area contributed by atoms with Crippen molar-refractivity contribution in [3.05, 3.63) is 109 Å². The minimum absolute atomic E-state index is 1.18. The summed E-state index contributed by atoms with van der Waals surface area (Å²) in [5.41, 5.74) is 10.1. The van der Waals surface area contributed by atoms with Crippen LogP contribution in [-0.2, 0) is 0 Å². The lowest BCUT2D eigenvalue weighted by molar-refractivity contribution is 1.18. The number of rotatable bonds is 1. The van der Waals surface area contributed by atoms with Gasteiger partial charge in [-0.25, -0.2) is 0 Å². The van der Waals surface area contributed by atoms with Gasteiger partial charge in [0.05, 0.1) is 66.2 Å². The van der Waals surface area contributed by atoms with Gasteiger partial charge in [-0.05, 0) is 42.5 Å². The fourth-order valence-electron chi connectivity index (χ4n) is 7.01. The molecule has 5 aromatic heterocycles. The molecule has 0 aliphatic heterocycles. The van der Waals surface area contributed by atoms with Crippen molar-refractivity contribution in [3.8, 4) is 5.69 Å². The lowest BCUT2D eigenvalue weighted by atomic mass is 10.1. The zero-order valence-electron chi connectivity index (χ0n) is 20.5. The van der Waals surface area contributed by atoms with Crippen LogP contribution in [0.15, 0.2) is 109 Å². The number of thiophene rings is 1. The number of para-hydroxylation sites is 2. The van der Waals surface area contributed by atoms with Gasteiger partial charge in [0.15, 0.2) is 0 Å². The predicted octanol–water partition coefficient (Wildman–Crippen LogP) is 10.3.